The first-order chi connectivity index (χ1) is 41.8. The Morgan fingerprint density at radius 1 is 0.318 bits per heavy atom. The molecule has 0 saturated carbocycles. The zero-order chi connectivity index (χ0) is 56.3. The molecular weight excluding hydrogens is 1050 g/mol. The third-order valence-corrected chi connectivity index (χ3v) is 17.6. The lowest BCUT2D eigenvalue weighted by molar-refractivity contribution is 0.603. The van der Waals surface area contributed by atoms with Gasteiger partial charge in [0.25, 0.3) is 0 Å². The van der Waals surface area contributed by atoms with Crippen LogP contribution < -0.4 is 9.80 Å². The molecule has 0 aliphatic carbocycles. The van der Waals surface area contributed by atoms with Crippen molar-refractivity contribution in [1.82, 2.24) is 0 Å². The molecule has 402 valence electrons. The molecule has 0 N–H and O–H groups in total. The number of rotatable bonds is 8. The zero-order valence-corrected chi connectivity index (χ0v) is 46.4. The SMILES string of the molecule is C=Cc1c(/C=C\C)oc2ccc(N(c3ccc4cc5c(cc4c3)oc3c(C)c4oc6cc7cc(N(c8ccc9oc%10ccccc%10c9c8)c8ccc9oc%10ccccc%10c9c8)ccc7cc6c4c(C)c35)c3ccc4oc5ccccc5c4c3)cc12. The van der Waals surface area contributed by atoms with Crippen molar-refractivity contribution in [3.05, 3.63) is 241 Å². The topological polar surface area (TPSA) is 85.3 Å². The van der Waals surface area contributed by atoms with E-state index in [1.165, 1.54) is 0 Å². The lowest BCUT2D eigenvalue weighted by Gasteiger charge is -2.26. The number of fused-ring (bicyclic) bond motifs is 18. The minimum Gasteiger partial charge on any atom is -0.456 e. The lowest BCUT2D eigenvalue weighted by Crippen LogP contribution is -2.09. The third kappa shape index (κ3) is 6.97. The first-order valence-corrected chi connectivity index (χ1v) is 28.7. The van der Waals surface area contributed by atoms with E-state index < -0.39 is 0 Å². The highest BCUT2D eigenvalue weighted by Gasteiger charge is 2.25. The predicted octanol–water partition coefficient (Wildman–Crippen LogP) is 23.5. The fourth-order valence-corrected chi connectivity index (χ4v) is 13.6. The number of hydrogen-bond donors (Lipinski definition) is 0. The fraction of sp³-hybridized carbons (Fsp3) is 0.0390. The van der Waals surface area contributed by atoms with Crippen molar-refractivity contribution in [2.75, 3.05) is 9.80 Å². The number of benzene rings is 12. The normalized spacial score (nSPS) is 12.4. The summed E-state index contributed by atoms with van der Waals surface area (Å²) in [6.45, 7) is 10.5. The summed E-state index contributed by atoms with van der Waals surface area (Å²) in [6, 6.07) is 72.8. The molecular formula is C77H48N2O6. The minimum atomic E-state index is 0.783. The lowest BCUT2D eigenvalue weighted by atomic mass is 9.96. The molecule has 0 unspecified atom stereocenters. The Bertz CT molecular complexity index is 5840. The molecule has 0 fully saturated rings. The first kappa shape index (κ1) is 47.4. The molecule has 0 aliphatic rings. The van der Waals surface area contributed by atoms with Gasteiger partial charge in [0.05, 0.1) is 0 Å². The average Bonchev–Trinajstić information content (AvgIpc) is 2.08. The number of furan rings is 6. The monoisotopic (exact) mass is 1100 g/mol. The van der Waals surface area contributed by atoms with Crippen molar-refractivity contribution in [3.63, 3.8) is 0 Å². The maximum absolute atomic E-state index is 6.99. The second kappa shape index (κ2) is 17.6. The highest BCUT2D eigenvalue weighted by Crippen LogP contribution is 2.48. The van der Waals surface area contributed by atoms with Crippen molar-refractivity contribution >= 4 is 188 Å². The van der Waals surface area contributed by atoms with Gasteiger partial charge in [-0.1, -0.05) is 85.5 Å². The molecule has 6 aromatic heterocycles. The summed E-state index contributed by atoms with van der Waals surface area (Å²) in [4.78, 5) is 4.63. The molecule has 0 amide bonds. The second-order valence-corrected chi connectivity index (χ2v) is 22.4. The molecule has 0 bridgehead atoms. The summed E-state index contributed by atoms with van der Waals surface area (Å²) >= 11 is 0. The molecule has 85 heavy (non-hydrogen) atoms. The minimum absolute atomic E-state index is 0.783. The van der Waals surface area contributed by atoms with Crippen LogP contribution in [0.25, 0.3) is 154 Å². The summed E-state index contributed by atoms with van der Waals surface area (Å²) in [5, 5.41) is 16.0. The van der Waals surface area contributed by atoms with E-state index in [1.807, 2.05) is 61.5 Å². The van der Waals surface area contributed by atoms with Crippen LogP contribution in [-0.4, -0.2) is 0 Å². The molecule has 8 nitrogen and oxygen atoms in total. The van der Waals surface area contributed by atoms with Crippen LogP contribution in [0, 0.1) is 13.8 Å². The van der Waals surface area contributed by atoms with Gasteiger partial charge in [0.1, 0.15) is 67.2 Å². The number of allylic oxidation sites excluding steroid dienone is 1. The van der Waals surface area contributed by atoms with Crippen LogP contribution in [0.2, 0.25) is 0 Å². The van der Waals surface area contributed by atoms with Crippen LogP contribution in [0.1, 0.15) is 29.4 Å². The van der Waals surface area contributed by atoms with E-state index in [0.717, 1.165) is 199 Å². The maximum Gasteiger partial charge on any atom is 0.142 e. The Kier molecular flexibility index (Phi) is 9.84. The van der Waals surface area contributed by atoms with E-state index in [2.05, 4.69) is 200 Å². The number of nitrogens with zero attached hydrogens (tertiary/aromatic N) is 2. The molecule has 0 spiro atoms. The fourth-order valence-electron chi connectivity index (χ4n) is 13.6. The van der Waals surface area contributed by atoms with Gasteiger partial charge in [0.15, 0.2) is 0 Å². The largest absolute Gasteiger partial charge is 0.456 e. The van der Waals surface area contributed by atoms with Gasteiger partial charge >= 0.3 is 0 Å². The van der Waals surface area contributed by atoms with Gasteiger partial charge in [-0.25, -0.2) is 0 Å². The van der Waals surface area contributed by atoms with E-state index in [-0.39, 0.29) is 0 Å². The van der Waals surface area contributed by atoms with Gasteiger partial charge in [-0.3, -0.25) is 0 Å². The van der Waals surface area contributed by atoms with Crippen LogP contribution in [0.4, 0.5) is 34.1 Å². The summed E-state index contributed by atoms with van der Waals surface area (Å²) < 4.78 is 39.2. The van der Waals surface area contributed by atoms with Crippen LogP contribution in [0.5, 0.6) is 0 Å². The van der Waals surface area contributed by atoms with Crippen molar-refractivity contribution in [1.29, 1.82) is 0 Å². The number of para-hydroxylation sites is 3. The molecule has 0 radical (unpaired) electrons. The Labute approximate surface area is 484 Å². The molecule has 0 saturated heterocycles. The predicted molar refractivity (Wildman–Crippen MR) is 351 cm³/mol. The second-order valence-electron chi connectivity index (χ2n) is 22.4. The molecule has 12 aromatic carbocycles. The zero-order valence-electron chi connectivity index (χ0n) is 46.4. The van der Waals surface area contributed by atoms with Crippen LogP contribution in [-0.2, 0) is 0 Å². The Morgan fingerprint density at radius 3 is 1.12 bits per heavy atom. The molecule has 6 heterocycles. The molecule has 0 aliphatic heterocycles. The molecule has 18 aromatic rings. The third-order valence-electron chi connectivity index (χ3n) is 17.6. The van der Waals surface area contributed by atoms with E-state index >= 15 is 0 Å². The van der Waals surface area contributed by atoms with Gasteiger partial charge in [-0.05, 0) is 193 Å². The summed E-state index contributed by atoms with van der Waals surface area (Å²) in [5.41, 5.74) is 18.2. The average molecular weight is 1100 g/mol. The molecule has 0 atom stereocenters. The van der Waals surface area contributed by atoms with Gasteiger partial charge in [0, 0.05) is 104 Å². The smallest absolute Gasteiger partial charge is 0.142 e. The van der Waals surface area contributed by atoms with Crippen molar-refractivity contribution in [3.8, 4) is 0 Å². The van der Waals surface area contributed by atoms with Crippen molar-refractivity contribution < 1.29 is 26.5 Å². The Morgan fingerprint density at radius 2 is 0.694 bits per heavy atom. The van der Waals surface area contributed by atoms with Gasteiger partial charge in [0.2, 0.25) is 0 Å². The van der Waals surface area contributed by atoms with Crippen molar-refractivity contribution in [2.45, 2.75) is 20.8 Å². The van der Waals surface area contributed by atoms with Crippen LogP contribution in [0.15, 0.2) is 245 Å². The van der Waals surface area contributed by atoms with Gasteiger partial charge < -0.3 is 36.3 Å². The van der Waals surface area contributed by atoms with E-state index in [1.54, 1.807) is 0 Å². The highest BCUT2D eigenvalue weighted by atomic mass is 16.4. The van der Waals surface area contributed by atoms with Gasteiger partial charge in [-0.2, -0.15) is 0 Å². The summed E-state index contributed by atoms with van der Waals surface area (Å²) in [7, 11) is 0. The van der Waals surface area contributed by atoms with Gasteiger partial charge in [-0.15, -0.1) is 0 Å². The van der Waals surface area contributed by atoms with E-state index in [4.69, 9.17) is 26.5 Å². The first-order valence-electron chi connectivity index (χ1n) is 28.7. The summed E-state index contributed by atoms with van der Waals surface area (Å²) in [5.74, 6) is 0.783. The van der Waals surface area contributed by atoms with Crippen molar-refractivity contribution in [2.24, 2.45) is 0 Å². The Balaban J connectivity index is 0.765. The van der Waals surface area contributed by atoms with E-state index in [9.17, 15) is 0 Å². The quantitative estimate of drug-likeness (QED) is 0.149. The number of aryl methyl sites for hydroxylation is 2. The molecule has 18 rings (SSSR count). The number of hydrogen-bond acceptors (Lipinski definition) is 8. The number of anilines is 6. The highest BCUT2D eigenvalue weighted by molar-refractivity contribution is 6.22. The maximum atomic E-state index is 6.99. The van der Waals surface area contributed by atoms with Crippen LogP contribution >= 0.6 is 0 Å². The van der Waals surface area contributed by atoms with Crippen LogP contribution in [0.3, 0.4) is 0 Å². The molecule has 8 heteroatoms. The standard InChI is InChI=1S/C77H48N2O6/c1-5-13-64-54(6-2)58-38-50(24-28-68(58)80-64)78(51-25-29-69-59(39-51)55-14-7-10-17-65(55)81-69)48-22-20-44-34-62-72(36-46(44)32-48)84-76-43(4)77-75(42(3)74(62)76)63-35-45-21-23-49(33-47(45)37-73(63)85-77)79(52-26-30-70-60(40-52)56-15-8-11-18-66(56)82-70)53-27-31-71-61(41-53)57-16-9-12-19-67(57)83-71/h5-41H,2H2,1,3-4H3/b13-5-. The Hall–Kier alpha value is -11.2. The van der Waals surface area contributed by atoms with E-state index in [0.29, 0.717) is 0 Å². The summed E-state index contributed by atoms with van der Waals surface area (Å²) in [6.07, 6.45) is 5.85.